The summed E-state index contributed by atoms with van der Waals surface area (Å²) in [6.45, 7) is 0.548. The molecule has 14 heavy (non-hydrogen) atoms. The number of hydrogen-bond donors (Lipinski definition) is 3. The van der Waals surface area contributed by atoms with E-state index >= 15 is 0 Å². The van der Waals surface area contributed by atoms with Crippen molar-refractivity contribution < 1.29 is 13.2 Å². The first kappa shape index (κ1) is 10.9. The van der Waals surface area contributed by atoms with Crippen molar-refractivity contribution in [2.24, 2.45) is 5.73 Å². The zero-order valence-corrected chi connectivity index (χ0v) is 7.65. The summed E-state index contributed by atoms with van der Waals surface area (Å²) in [6, 6.07) is 0. The third-order valence-electron chi connectivity index (χ3n) is 1.80. The maximum atomic E-state index is 11.9. The minimum atomic E-state index is -4.22. The summed E-state index contributed by atoms with van der Waals surface area (Å²) in [5, 5.41) is 5.07. The summed E-state index contributed by atoms with van der Waals surface area (Å²) in [5.41, 5.74) is 4.99. The van der Waals surface area contributed by atoms with Gasteiger partial charge in [0.1, 0.15) is 5.66 Å². The van der Waals surface area contributed by atoms with Crippen LogP contribution in [0.5, 0.6) is 0 Å². The Morgan fingerprint density at radius 2 is 2.21 bits per heavy atom. The van der Waals surface area contributed by atoms with Gasteiger partial charge in [-0.2, -0.15) is 13.2 Å². The zero-order valence-electron chi connectivity index (χ0n) is 7.65. The van der Waals surface area contributed by atoms with E-state index in [1.54, 1.807) is 19.1 Å². The molecule has 80 valence electrons. The van der Waals surface area contributed by atoms with Gasteiger partial charge in [-0.1, -0.05) is 0 Å². The lowest BCUT2D eigenvalue weighted by molar-refractivity contribution is -0.127. The SMILES string of the molecule is CC1(NCC(F)(F)F)C=CC(N)=CN1. The summed E-state index contributed by atoms with van der Waals surface area (Å²) in [4.78, 5) is 0. The quantitative estimate of drug-likeness (QED) is 0.628. The number of halogens is 3. The Morgan fingerprint density at radius 1 is 1.57 bits per heavy atom. The van der Waals surface area contributed by atoms with Crippen LogP contribution in [-0.4, -0.2) is 18.4 Å². The van der Waals surface area contributed by atoms with Crippen molar-refractivity contribution in [3.63, 3.8) is 0 Å². The van der Waals surface area contributed by atoms with Gasteiger partial charge in [0, 0.05) is 11.9 Å². The molecule has 1 atom stereocenters. The van der Waals surface area contributed by atoms with Gasteiger partial charge in [0.05, 0.1) is 6.54 Å². The molecule has 0 aromatic rings. The van der Waals surface area contributed by atoms with Gasteiger partial charge in [0.2, 0.25) is 0 Å². The predicted molar refractivity (Wildman–Crippen MR) is 47.0 cm³/mol. The molecule has 1 unspecified atom stereocenters. The lowest BCUT2D eigenvalue weighted by atomic mass is 10.1. The maximum absolute atomic E-state index is 11.9. The maximum Gasteiger partial charge on any atom is 0.401 e. The Balaban J connectivity index is 2.50. The Labute approximate surface area is 79.8 Å². The summed E-state index contributed by atoms with van der Waals surface area (Å²) in [6.07, 6.45) is 0.350. The average Bonchev–Trinajstić information content (AvgIpc) is 2.07. The van der Waals surface area contributed by atoms with E-state index in [9.17, 15) is 13.2 Å². The summed E-state index contributed by atoms with van der Waals surface area (Å²) < 4.78 is 35.7. The van der Waals surface area contributed by atoms with E-state index in [1.807, 2.05) is 0 Å². The summed E-state index contributed by atoms with van der Waals surface area (Å²) in [7, 11) is 0. The number of allylic oxidation sites excluding steroid dienone is 1. The Hall–Kier alpha value is -1.17. The zero-order chi connectivity index (χ0) is 10.8. The van der Waals surface area contributed by atoms with Gasteiger partial charge >= 0.3 is 6.18 Å². The molecule has 0 spiro atoms. The fourth-order valence-electron chi connectivity index (χ4n) is 0.986. The topological polar surface area (TPSA) is 50.1 Å². The smallest absolute Gasteiger partial charge is 0.398 e. The van der Waals surface area contributed by atoms with E-state index in [0.717, 1.165) is 0 Å². The molecule has 0 saturated heterocycles. The van der Waals surface area contributed by atoms with E-state index < -0.39 is 18.4 Å². The molecule has 1 rings (SSSR count). The van der Waals surface area contributed by atoms with Crippen LogP contribution in [0.2, 0.25) is 0 Å². The van der Waals surface area contributed by atoms with Crippen molar-refractivity contribution in [3.05, 3.63) is 24.0 Å². The molecule has 6 heteroatoms. The molecule has 0 radical (unpaired) electrons. The highest BCUT2D eigenvalue weighted by atomic mass is 19.4. The Kier molecular flexibility index (Phi) is 2.75. The number of dihydropyridines is 1. The van der Waals surface area contributed by atoms with Crippen molar-refractivity contribution in [3.8, 4) is 0 Å². The second-order valence-electron chi connectivity index (χ2n) is 3.29. The first-order valence-corrected chi connectivity index (χ1v) is 4.05. The van der Waals surface area contributed by atoms with Gasteiger partial charge in [-0.3, -0.25) is 5.32 Å². The van der Waals surface area contributed by atoms with Gasteiger partial charge in [-0.25, -0.2) is 0 Å². The molecule has 0 aromatic carbocycles. The highest BCUT2D eigenvalue weighted by molar-refractivity contribution is 5.24. The molecule has 1 aliphatic rings. The highest BCUT2D eigenvalue weighted by Gasteiger charge is 2.31. The molecule has 4 N–H and O–H groups in total. The molecule has 0 bridgehead atoms. The van der Waals surface area contributed by atoms with E-state index in [0.29, 0.717) is 5.70 Å². The predicted octanol–water partition coefficient (Wildman–Crippen LogP) is 0.814. The average molecular weight is 207 g/mol. The molecule has 3 nitrogen and oxygen atoms in total. The third kappa shape index (κ3) is 3.29. The molecule has 0 aromatic heterocycles. The molecule has 0 saturated carbocycles. The molecule has 0 aliphatic carbocycles. The van der Waals surface area contributed by atoms with Gasteiger partial charge in [-0.05, 0) is 19.1 Å². The van der Waals surface area contributed by atoms with Crippen LogP contribution in [0.3, 0.4) is 0 Å². The minimum Gasteiger partial charge on any atom is -0.398 e. The largest absolute Gasteiger partial charge is 0.401 e. The number of nitrogens with one attached hydrogen (secondary N) is 2. The van der Waals surface area contributed by atoms with Gasteiger partial charge < -0.3 is 11.1 Å². The fraction of sp³-hybridized carbons (Fsp3) is 0.500. The molecular formula is C8H12F3N3. The Bertz CT molecular complexity index is 269. The van der Waals surface area contributed by atoms with E-state index in [1.165, 1.54) is 6.20 Å². The molecule has 1 aliphatic heterocycles. The van der Waals surface area contributed by atoms with Crippen LogP contribution in [0.25, 0.3) is 0 Å². The number of nitrogens with two attached hydrogens (primary N) is 1. The minimum absolute atomic E-state index is 0.483. The van der Waals surface area contributed by atoms with Crippen LogP contribution in [0.1, 0.15) is 6.92 Å². The number of alkyl halides is 3. The normalized spacial score (nSPS) is 27.0. The molecular weight excluding hydrogens is 195 g/mol. The lowest BCUT2D eigenvalue weighted by Gasteiger charge is -2.31. The summed E-state index contributed by atoms with van der Waals surface area (Å²) >= 11 is 0. The van der Waals surface area contributed by atoms with Crippen LogP contribution in [0.4, 0.5) is 13.2 Å². The second kappa shape index (κ2) is 3.53. The van der Waals surface area contributed by atoms with Crippen molar-refractivity contribution >= 4 is 0 Å². The van der Waals surface area contributed by atoms with Crippen LogP contribution in [0.15, 0.2) is 24.0 Å². The van der Waals surface area contributed by atoms with Crippen molar-refractivity contribution in [1.82, 2.24) is 10.6 Å². The van der Waals surface area contributed by atoms with E-state index in [2.05, 4.69) is 10.6 Å². The number of hydrogen-bond acceptors (Lipinski definition) is 3. The lowest BCUT2D eigenvalue weighted by Crippen LogP contribution is -2.54. The first-order chi connectivity index (χ1) is 6.31. The van der Waals surface area contributed by atoms with E-state index in [-0.39, 0.29) is 0 Å². The summed E-state index contributed by atoms with van der Waals surface area (Å²) in [5.74, 6) is 0. The monoisotopic (exact) mass is 207 g/mol. The molecule has 0 fully saturated rings. The third-order valence-corrected chi connectivity index (χ3v) is 1.80. The standard InChI is InChI=1S/C8H12F3N3/c1-7(14-5-8(9,10)11)3-2-6(12)4-13-7/h2-4,13-14H,5,12H2,1H3. The van der Waals surface area contributed by atoms with E-state index in [4.69, 9.17) is 5.73 Å². The fourth-order valence-corrected chi connectivity index (χ4v) is 0.986. The highest BCUT2D eigenvalue weighted by Crippen LogP contribution is 2.15. The Morgan fingerprint density at radius 3 is 2.64 bits per heavy atom. The second-order valence-corrected chi connectivity index (χ2v) is 3.29. The first-order valence-electron chi connectivity index (χ1n) is 4.05. The van der Waals surface area contributed by atoms with Crippen LogP contribution in [0, 0.1) is 0 Å². The van der Waals surface area contributed by atoms with Crippen molar-refractivity contribution in [2.45, 2.75) is 18.8 Å². The van der Waals surface area contributed by atoms with Crippen LogP contribution < -0.4 is 16.4 Å². The van der Waals surface area contributed by atoms with Crippen molar-refractivity contribution in [1.29, 1.82) is 0 Å². The van der Waals surface area contributed by atoms with Gasteiger partial charge in [-0.15, -0.1) is 0 Å². The molecule has 1 heterocycles. The van der Waals surface area contributed by atoms with Gasteiger partial charge in [0.25, 0.3) is 0 Å². The van der Waals surface area contributed by atoms with Gasteiger partial charge in [0.15, 0.2) is 0 Å². The van der Waals surface area contributed by atoms with Crippen LogP contribution >= 0.6 is 0 Å². The van der Waals surface area contributed by atoms with Crippen LogP contribution in [-0.2, 0) is 0 Å². The molecule has 0 amide bonds. The van der Waals surface area contributed by atoms with Crippen molar-refractivity contribution in [2.75, 3.05) is 6.54 Å². The number of rotatable bonds is 2.